The van der Waals surface area contributed by atoms with Crippen LogP contribution in [0, 0.1) is 0 Å². The summed E-state index contributed by atoms with van der Waals surface area (Å²) >= 11 is 0. The quantitative estimate of drug-likeness (QED) is 0.0494. The maximum Gasteiger partial charge on any atom is 0.306 e. The molecule has 252 valence electrons. The number of benzene rings is 2. The minimum Gasteiger partial charge on any atom is -0.508 e. The third kappa shape index (κ3) is 12.6. The fourth-order valence-electron chi connectivity index (χ4n) is 6.20. The number of hydrogen-bond donors (Lipinski definition) is 5. The molecule has 0 amide bonds. The highest BCUT2D eigenvalue weighted by molar-refractivity contribution is 5.70. The van der Waals surface area contributed by atoms with Gasteiger partial charge in [-0.3, -0.25) is 4.79 Å². The Morgan fingerprint density at radius 2 is 1.13 bits per heavy atom. The average Bonchev–Trinajstić information content (AvgIpc) is 3.00. The van der Waals surface area contributed by atoms with Gasteiger partial charge in [0.1, 0.15) is 23.4 Å². The number of carbonyl (C=O) groups is 1. The largest absolute Gasteiger partial charge is 0.508 e. The average molecular weight is 629 g/mol. The normalized spacial score (nSPS) is 15.8. The second kappa shape index (κ2) is 20.0. The molecule has 3 rings (SSSR count). The van der Waals surface area contributed by atoms with Gasteiger partial charge in [-0.05, 0) is 18.6 Å². The van der Waals surface area contributed by atoms with Crippen LogP contribution in [0.5, 0.6) is 34.5 Å². The molecule has 1 aliphatic heterocycles. The van der Waals surface area contributed by atoms with E-state index >= 15 is 0 Å². The molecule has 45 heavy (non-hydrogen) atoms. The van der Waals surface area contributed by atoms with E-state index in [0.29, 0.717) is 12.0 Å². The van der Waals surface area contributed by atoms with E-state index < -0.39 is 35.4 Å². The first kappa shape index (κ1) is 36.2. The Bertz CT molecular complexity index is 1140. The molecule has 1 aliphatic rings. The van der Waals surface area contributed by atoms with Crippen LogP contribution in [0.1, 0.15) is 153 Å². The fourth-order valence-corrected chi connectivity index (χ4v) is 6.20. The summed E-state index contributed by atoms with van der Waals surface area (Å²) in [7, 11) is 0. The first-order valence-corrected chi connectivity index (χ1v) is 17.5. The van der Waals surface area contributed by atoms with E-state index in [2.05, 4.69) is 6.92 Å². The van der Waals surface area contributed by atoms with Crippen molar-refractivity contribution in [3.63, 3.8) is 0 Å². The van der Waals surface area contributed by atoms with Crippen molar-refractivity contribution in [1.82, 2.24) is 0 Å². The molecule has 5 N–H and O–H groups in total. The summed E-state index contributed by atoms with van der Waals surface area (Å²) < 4.78 is 11.8. The highest BCUT2D eigenvalue weighted by Crippen LogP contribution is 2.45. The maximum absolute atomic E-state index is 12.8. The zero-order valence-corrected chi connectivity index (χ0v) is 27.3. The Morgan fingerprint density at radius 3 is 1.62 bits per heavy atom. The second-order valence-corrected chi connectivity index (χ2v) is 12.7. The molecule has 0 bridgehead atoms. The minimum atomic E-state index is -0.940. The van der Waals surface area contributed by atoms with Crippen molar-refractivity contribution in [1.29, 1.82) is 0 Å². The lowest BCUT2D eigenvalue weighted by Crippen LogP contribution is -2.34. The van der Waals surface area contributed by atoms with Gasteiger partial charge in [0.15, 0.2) is 23.4 Å². The van der Waals surface area contributed by atoms with E-state index in [-0.39, 0.29) is 35.7 Å². The molecule has 0 unspecified atom stereocenters. The van der Waals surface area contributed by atoms with Gasteiger partial charge in [0.05, 0.1) is 0 Å². The molecule has 0 fully saturated rings. The molecule has 2 aromatic rings. The lowest BCUT2D eigenvalue weighted by Gasteiger charge is -2.34. The Hall–Kier alpha value is -3.29. The highest BCUT2D eigenvalue weighted by atomic mass is 16.6. The number of aromatic hydroxyl groups is 5. The molecule has 0 aromatic heterocycles. The molecule has 8 heteroatoms. The van der Waals surface area contributed by atoms with E-state index in [4.69, 9.17) is 9.47 Å². The summed E-state index contributed by atoms with van der Waals surface area (Å²) in [6.45, 7) is 2.27. The molecule has 8 nitrogen and oxygen atoms in total. The van der Waals surface area contributed by atoms with Crippen LogP contribution in [-0.4, -0.2) is 37.6 Å². The molecular formula is C37H56O8. The Balaban J connectivity index is 1.29. The van der Waals surface area contributed by atoms with Crippen LogP contribution in [0.2, 0.25) is 0 Å². The number of ether oxygens (including phenoxy) is 2. The standard InChI is InChI=1S/C37H56O8/c1-2-3-4-5-6-7-8-9-10-11-12-13-14-15-16-17-18-19-20-21-35(42)44-34-26-29-30(39)24-28(38)25-33(29)45-37(34)27-22-31(40)36(43)32(41)23-27/h22-25,34,37-41,43H,2-21,26H2,1H3/t34-,37-/m1/s1. The van der Waals surface area contributed by atoms with Gasteiger partial charge in [-0.1, -0.05) is 122 Å². The van der Waals surface area contributed by atoms with Crippen LogP contribution in [0.15, 0.2) is 24.3 Å². The van der Waals surface area contributed by atoms with Gasteiger partial charge in [0, 0.05) is 36.1 Å². The zero-order chi connectivity index (χ0) is 32.4. The molecular weight excluding hydrogens is 572 g/mol. The third-order valence-corrected chi connectivity index (χ3v) is 8.85. The van der Waals surface area contributed by atoms with Crippen LogP contribution in [0.25, 0.3) is 0 Å². The summed E-state index contributed by atoms with van der Waals surface area (Å²) in [5.41, 5.74) is 0.662. The van der Waals surface area contributed by atoms with Crippen molar-refractivity contribution in [2.45, 2.75) is 154 Å². The van der Waals surface area contributed by atoms with Gasteiger partial charge >= 0.3 is 5.97 Å². The number of phenols is 5. The summed E-state index contributed by atoms with van der Waals surface area (Å²) in [5, 5.41) is 50.1. The fraction of sp³-hybridized carbons (Fsp3) is 0.649. The van der Waals surface area contributed by atoms with Crippen molar-refractivity contribution >= 4 is 5.97 Å². The summed E-state index contributed by atoms with van der Waals surface area (Å²) in [5.74, 6) is -2.32. The van der Waals surface area contributed by atoms with Crippen molar-refractivity contribution in [2.75, 3.05) is 0 Å². The second-order valence-electron chi connectivity index (χ2n) is 12.7. The van der Waals surface area contributed by atoms with Crippen molar-refractivity contribution in [2.24, 2.45) is 0 Å². The topological polar surface area (TPSA) is 137 Å². The van der Waals surface area contributed by atoms with Gasteiger partial charge in [0.2, 0.25) is 0 Å². The Kier molecular flexibility index (Phi) is 16.0. The lowest BCUT2D eigenvalue weighted by atomic mass is 9.93. The molecule has 2 atom stereocenters. The third-order valence-electron chi connectivity index (χ3n) is 8.85. The number of fused-ring (bicyclic) bond motifs is 1. The van der Waals surface area contributed by atoms with Gasteiger partial charge < -0.3 is 35.0 Å². The smallest absolute Gasteiger partial charge is 0.306 e. The van der Waals surface area contributed by atoms with E-state index in [0.717, 1.165) is 12.8 Å². The number of rotatable bonds is 22. The van der Waals surface area contributed by atoms with E-state index in [9.17, 15) is 30.3 Å². The van der Waals surface area contributed by atoms with E-state index in [1.54, 1.807) is 0 Å². The molecule has 1 heterocycles. The van der Waals surface area contributed by atoms with Crippen LogP contribution in [0.3, 0.4) is 0 Å². The van der Waals surface area contributed by atoms with E-state index in [1.807, 2.05) is 0 Å². The van der Waals surface area contributed by atoms with Gasteiger partial charge in [-0.15, -0.1) is 0 Å². The van der Waals surface area contributed by atoms with Crippen molar-refractivity contribution in [3.05, 3.63) is 35.4 Å². The van der Waals surface area contributed by atoms with Crippen LogP contribution >= 0.6 is 0 Å². The molecule has 0 radical (unpaired) electrons. The Morgan fingerprint density at radius 1 is 0.667 bits per heavy atom. The van der Waals surface area contributed by atoms with Crippen LogP contribution < -0.4 is 4.74 Å². The van der Waals surface area contributed by atoms with Gasteiger partial charge in [-0.25, -0.2) is 0 Å². The predicted molar refractivity (Wildman–Crippen MR) is 176 cm³/mol. The number of phenolic OH excluding ortho intramolecular Hbond substituents is 5. The number of carbonyl (C=O) groups excluding carboxylic acids is 1. The summed E-state index contributed by atoms with van der Waals surface area (Å²) in [4.78, 5) is 12.8. The Labute approximate surface area is 269 Å². The molecule has 2 aromatic carbocycles. The first-order chi connectivity index (χ1) is 21.8. The zero-order valence-electron chi connectivity index (χ0n) is 27.3. The molecule has 0 aliphatic carbocycles. The lowest BCUT2D eigenvalue weighted by molar-refractivity contribution is -0.155. The van der Waals surface area contributed by atoms with Crippen molar-refractivity contribution < 1.29 is 39.8 Å². The number of hydrogen-bond acceptors (Lipinski definition) is 8. The molecule has 0 saturated carbocycles. The maximum atomic E-state index is 12.8. The summed E-state index contributed by atoms with van der Waals surface area (Å²) in [6, 6.07) is 5.00. The van der Waals surface area contributed by atoms with E-state index in [1.165, 1.54) is 127 Å². The number of esters is 1. The minimum absolute atomic E-state index is 0.111. The SMILES string of the molecule is CCCCCCCCCCCCCCCCCCCCCC(=O)O[C@@H]1Cc2c(O)cc(O)cc2O[C@@H]1c1cc(O)c(O)c(O)c1. The summed E-state index contributed by atoms with van der Waals surface area (Å²) in [6.07, 6.45) is 22.9. The molecule has 0 saturated heterocycles. The highest BCUT2D eigenvalue weighted by Gasteiger charge is 2.37. The first-order valence-electron chi connectivity index (χ1n) is 17.5. The number of unbranched alkanes of at least 4 members (excludes halogenated alkanes) is 18. The van der Waals surface area contributed by atoms with Crippen molar-refractivity contribution in [3.8, 4) is 34.5 Å². The monoisotopic (exact) mass is 628 g/mol. The van der Waals surface area contributed by atoms with Crippen LogP contribution in [-0.2, 0) is 16.0 Å². The van der Waals surface area contributed by atoms with Crippen LogP contribution in [0.4, 0.5) is 0 Å². The van der Waals surface area contributed by atoms with Gasteiger partial charge in [-0.2, -0.15) is 0 Å². The van der Waals surface area contributed by atoms with Gasteiger partial charge in [0.25, 0.3) is 0 Å². The predicted octanol–water partition coefficient (Wildman–Crippen LogP) is 9.62. The molecule has 0 spiro atoms.